The maximum Gasteiger partial charge on any atom is 0.215 e. The highest BCUT2D eigenvalue weighted by atomic mass is 16.5. The first-order chi connectivity index (χ1) is 14.9. The number of benzene rings is 3. The summed E-state index contributed by atoms with van der Waals surface area (Å²) in [7, 11) is 1.74. The molecule has 0 fully saturated rings. The first-order valence-electron chi connectivity index (χ1n) is 10.1. The normalized spacial score (nSPS) is 11.2. The minimum atomic E-state index is 0.623. The van der Waals surface area contributed by atoms with Crippen LogP contribution in [0.3, 0.4) is 0 Å². The lowest BCUT2D eigenvalue weighted by Crippen LogP contribution is -2.06. The Balaban J connectivity index is 1.81. The van der Waals surface area contributed by atoms with E-state index in [2.05, 4.69) is 88.0 Å². The van der Waals surface area contributed by atoms with Crippen molar-refractivity contribution in [2.75, 3.05) is 13.7 Å². The minimum absolute atomic E-state index is 0.623. The van der Waals surface area contributed by atoms with Crippen LogP contribution in [-0.2, 0) is 11.3 Å². The molecular weight excluding hydrogens is 370 g/mol. The molecule has 0 atom stereocenters. The molecule has 2 aromatic heterocycles. The molecule has 3 aromatic carbocycles. The maximum absolute atomic E-state index is 5.40. The zero-order chi connectivity index (χ0) is 20.3. The van der Waals surface area contributed by atoms with Gasteiger partial charge in [-0.2, -0.15) is 0 Å². The third-order valence-corrected chi connectivity index (χ3v) is 5.36. The second kappa shape index (κ2) is 8.01. The summed E-state index contributed by atoms with van der Waals surface area (Å²) in [6, 6.07) is 31.3. The van der Waals surface area contributed by atoms with Gasteiger partial charge in [-0.25, -0.2) is 4.98 Å². The van der Waals surface area contributed by atoms with Crippen molar-refractivity contribution in [3.8, 4) is 33.8 Å². The second-order valence-electron chi connectivity index (χ2n) is 7.24. The highest BCUT2D eigenvalue weighted by Crippen LogP contribution is 2.35. The summed E-state index contributed by atoms with van der Waals surface area (Å²) >= 11 is 0. The molecule has 5 aromatic rings. The Bertz CT molecular complexity index is 1260. The van der Waals surface area contributed by atoms with Gasteiger partial charge in [-0.05, 0) is 5.56 Å². The van der Waals surface area contributed by atoms with Crippen molar-refractivity contribution in [2.24, 2.45) is 0 Å². The molecule has 0 aliphatic heterocycles. The standard InChI is InChI=1S/C26H23N3O/c1-30-18-17-28-23(20-11-5-2-6-12-20)19-29-25(22-15-9-4-10-16-22)24(27-26(28)29)21-13-7-3-8-14-21/h2-16,19H,17-18H2,1H3. The molecule has 5 rings (SSSR count). The summed E-state index contributed by atoms with van der Waals surface area (Å²) in [5.74, 6) is 0.920. The Kier molecular flexibility index (Phi) is 4.91. The van der Waals surface area contributed by atoms with Crippen molar-refractivity contribution in [3.05, 3.63) is 97.2 Å². The third kappa shape index (κ3) is 3.21. The van der Waals surface area contributed by atoms with Gasteiger partial charge >= 0.3 is 0 Å². The molecule has 0 aliphatic carbocycles. The predicted molar refractivity (Wildman–Crippen MR) is 121 cm³/mol. The first kappa shape index (κ1) is 18.4. The molecular formula is C26H23N3O. The summed E-state index contributed by atoms with van der Waals surface area (Å²) in [6.45, 7) is 1.36. The molecule has 0 spiro atoms. The van der Waals surface area contributed by atoms with Crippen molar-refractivity contribution in [1.29, 1.82) is 0 Å². The quantitative estimate of drug-likeness (QED) is 0.366. The van der Waals surface area contributed by atoms with E-state index in [0.717, 1.165) is 40.5 Å². The highest BCUT2D eigenvalue weighted by molar-refractivity contribution is 5.82. The molecule has 0 saturated heterocycles. The highest BCUT2D eigenvalue weighted by Gasteiger charge is 2.21. The van der Waals surface area contributed by atoms with E-state index in [9.17, 15) is 0 Å². The number of hydrogen-bond donors (Lipinski definition) is 0. The number of rotatable bonds is 6. The monoisotopic (exact) mass is 393 g/mol. The molecule has 0 bridgehead atoms. The van der Waals surface area contributed by atoms with Crippen LogP contribution in [-0.4, -0.2) is 27.7 Å². The van der Waals surface area contributed by atoms with Crippen molar-refractivity contribution < 1.29 is 4.74 Å². The van der Waals surface area contributed by atoms with Crippen LogP contribution in [0.5, 0.6) is 0 Å². The van der Waals surface area contributed by atoms with Gasteiger partial charge in [0.1, 0.15) is 0 Å². The molecule has 0 aliphatic rings. The molecule has 0 N–H and O–H groups in total. The van der Waals surface area contributed by atoms with Crippen LogP contribution < -0.4 is 0 Å². The molecule has 0 saturated carbocycles. The Labute approximate surface area is 176 Å². The fraction of sp³-hybridized carbons (Fsp3) is 0.115. The van der Waals surface area contributed by atoms with E-state index in [1.54, 1.807) is 7.11 Å². The van der Waals surface area contributed by atoms with E-state index in [1.165, 1.54) is 5.56 Å². The van der Waals surface area contributed by atoms with Gasteiger partial charge in [0.2, 0.25) is 5.78 Å². The first-order valence-corrected chi connectivity index (χ1v) is 10.1. The number of methoxy groups -OCH3 is 1. The Morgan fingerprint density at radius 1 is 0.733 bits per heavy atom. The Hall–Kier alpha value is -3.63. The van der Waals surface area contributed by atoms with Crippen LogP contribution in [0, 0.1) is 0 Å². The maximum atomic E-state index is 5.40. The molecule has 4 nitrogen and oxygen atoms in total. The van der Waals surface area contributed by atoms with E-state index < -0.39 is 0 Å². The second-order valence-corrected chi connectivity index (χ2v) is 7.24. The van der Waals surface area contributed by atoms with Gasteiger partial charge in [0, 0.05) is 31.0 Å². The predicted octanol–water partition coefficient (Wildman–Crippen LogP) is 5.78. The molecule has 2 heterocycles. The molecule has 4 heteroatoms. The van der Waals surface area contributed by atoms with Gasteiger partial charge in [-0.15, -0.1) is 0 Å². The zero-order valence-electron chi connectivity index (χ0n) is 16.9. The number of aromatic nitrogens is 3. The van der Waals surface area contributed by atoms with Gasteiger partial charge < -0.3 is 9.30 Å². The van der Waals surface area contributed by atoms with Crippen LogP contribution in [0.1, 0.15) is 0 Å². The van der Waals surface area contributed by atoms with Gasteiger partial charge in [0.25, 0.3) is 0 Å². The van der Waals surface area contributed by atoms with Crippen molar-refractivity contribution in [3.63, 3.8) is 0 Å². The molecule has 148 valence electrons. The van der Waals surface area contributed by atoms with Gasteiger partial charge in [-0.3, -0.25) is 4.40 Å². The molecule has 0 radical (unpaired) electrons. The largest absolute Gasteiger partial charge is 0.383 e. The number of fused-ring (bicyclic) bond motifs is 1. The fourth-order valence-electron chi connectivity index (χ4n) is 3.94. The van der Waals surface area contributed by atoms with Gasteiger partial charge in [-0.1, -0.05) is 91.0 Å². The average Bonchev–Trinajstić information content (AvgIpc) is 3.36. The minimum Gasteiger partial charge on any atom is -0.383 e. The Morgan fingerprint density at radius 2 is 1.30 bits per heavy atom. The number of imidazole rings is 2. The molecule has 30 heavy (non-hydrogen) atoms. The van der Waals surface area contributed by atoms with E-state index >= 15 is 0 Å². The zero-order valence-corrected chi connectivity index (χ0v) is 16.9. The van der Waals surface area contributed by atoms with Crippen LogP contribution in [0.4, 0.5) is 0 Å². The third-order valence-electron chi connectivity index (χ3n) is 5.36. The number of hydrogen-bond acceptors (Lipinski definition) is 2. The Morgan fingerprint density at radius 3 is 1.90 bits per heavy atom. The van der Waals surface area contributed by atoms with Crippen molar-refractivity contribution in [2.45, 2.75) is 6.54 Å². The summed E-state index contributed by atoms with van der Waals surface area (Å²) < 4.78 is 9.87. The van der Waals surface area contributed by atoms with E-state index in [0.29, 0.717) is 6.61 Å². The lowest BCUT2D eigenvalue weighted by atomic mass is 10.0. The molecule has 0 unspecified atom stereocenters. The van der Waals surface area contributed by atoms with Crippen LogP contribution in [0.2, 0.25) is 0 Å². The van der Waals surface area contributed by atoms with Gasteiger partial charge in [0.15, 0.2) is 0 Å². The van der Waals surface area contributed by atoms with Crippen LogP contribution in [0.15, 0.2) is 97.2 Å². The lowest BCUT2D eigenvalue weighted by molar-refractivity contribution is 0.188. The summed E-state index contributed by atoms with van der Waals surface area (Å²) in [4.78, 5) is 5.13. The number of nitrogens with zero attached hydrogens (tertiary/aromatic N) is 3. The van der Waals surface area contributed by atoms with Gasteiger partial charge in [0.05, 0.1) is 23.7 Å². The lowest BCUT2D eigenvalue weighted by Gasteiger charge is -2.08. The topological polar surface area (TPSA) is 31.5 Å². The van der Waals surface area contributed by atoms with Crippen LogP contribution in [0.25, 0.3) is 39.5 Å². The van der Waals surface area contributed by atoms with Crippen molar-refractivity contribution >= 4 is 5.78 Å². The van der Waals surface area contributed by atoms with E-state index in [4.69, 9.17) is 9.72 Å². The summed E-state index contributed by atoms with van der Waals surface area (Å²) in [5.41, 5.74) is 6.64. The van der Waals surface area contributed by atoms with Crippen molar-refractivity contribution in [1.82, 2.24) is 14.0 Å². The van der Waals surface area contributed by atoms with E-state index in [-0.39, 0.29) is 0 Å². The van der Waals surface area contributed by atoms with Crippen LogP contribution >= 0.6 is 0 Å². The SMILES string of the molecule is COCCn1c(-c2ccccc2)cn2c(-c3ccccc3)c(-c3ccccc3)nc12. The van der Waals surface area contributed by atoms with E-state index in [1.807, 2.05) is 18.2 Å². The molecule has 0 amide bonds. The summed E-state index contributed by atoms with van der Waals surface area (Å²) in [5, 5.41) is 0. The smallest absolute Gasteiger partial charge is 0.215 e. The fourth-order valence-corrected chi connectivity index (χ4v) is 3.94. The number of ether oxygens (including phenoxy) is 1. The average molecular weight is 393 g/mol. The summed E-state index contributed by atoms with van der Waals surface area (Å²) in [6.07, 6.45) is 2.20.